The van der Waals surface area contributed by atoms with Crippen molar-refractivity contribution in [1.29, 1.82) is 0 Å². The monoisotopic (exact) mass is 254 g/mol. The average molecular weight is 255 g/mol. The van der Waals surface area contributed by atoms with Crippen molar-refractivity contribution in [2.45, 2.75) is 13.0 Å². The summed E-state index contributed by atoms with van der Waals surface area (Å²) in [5.41, 5.74) is 4.85. The molecule has 0 amide bonds. The molecular formula is C7H6BrF3N2. The van der Waals surface area contributed by atoms with Gasteiger partial charge in [-0.2, -0.15) is 4.39 Å². The first-order chi connectivity index (χ1) is 6.06. The van der Waals surface area contributed by atoms with E-state index in [-0.39, 0.29) is 16.7 Å². The molecule has 6 heteroatoms. The van der Waals surface area contributed by atoms with E-state index in [2.05, 4.69) is 20.9 Å². The molecule has 0 saturated carbocycles. The minimum atomic E-state index is -2.74. The van der Waals surface area contributed by atoms with Crippen molar-refractivity contribution in [3.8, 4) is 0 Å². The minimum Gasteiger partial charge on any atom is -0.325 e. The SMILES string of the molecule is NCc1nc(F)cc(C(F)F)c1Br. The number of hydrogen-bond acceptors (Lipinski definition) is 2. The van der Waals surface area contributed by atoms with Gasteiger partial charge in [-0.05, 0) is 15.9 Å². The smallest absolute Gasteiger partial charge is 0.265 e. The van der Waals surface area contributed by atoms with Gasteiger partial charge in [0.2, 0.25) is 5.95 Å². The number of alkyl halides is 2. The Balaban J connectivity index is 3.27. The van der Waals surface area contributed by atoms with E-state index in [1.807, 2.05) is 0 Å². The highest BCUT2D eigenvalue weighted by Crippen LogP contribution is 2.29. The normalized spacial score (nSPS) is 10.9. The molecule has 0 aromatic carbocycles. The van der Waals surface area contributed by atoms with Crippen molar-refractivity contribution < 1.29 is 13.2 Å². The third-order valence-corrected chi connectivity index (χ3v) is 2.37. The Labute approximate surface area is 81.1 Å². The topological polar surface area (TPSA) is 38.9 Å². The predicted molar refractivity (Wildman–Crippen MR) is 44.7 cm³/mol. The van der Waals surface area contributed by atoms with Crippen molar-refractivity contribution in [2.75, 3.05) is 0 Å². The number of nitrogens with two attached hydrogens (primary N) is 1. The summed E-state index contributed by atoms with van der Waals surface area (Å²) in [5.74, 6) is -0.945. The maximum absolute atomic E-state index is 12.6. The highest BCUT2D eigenvalue weighted by molar-refractivity contribution is 9.10. The van der Waals surface area contributed by atoms with Crippen LogP contribution in [0.15, 0.2) is 10.5 Å². The molecule has 1 aromatic rings. The number of halogens is 4. The van der Waals surface area contributed by atoms with E-state index in [4.69, 9.17) is 5.73 Å². The van der Waals surface area contributed by atoms with Crippen molar-refractivity contribution in [2.24, 2.45) is 5.73 Å². The lowest BCUT2D eigenvalue weighted by Crippen LogP contribution is -2.05. The molecule has 0 fully saturated rings. The van der Waals surface area contributed by atoms with Gasteiger partial charge in [0.1, 0.15) is 0 Å². The summed E-state index contributed by atoms with van der Waals surface area (Å²) >= 11 is 2.89. The first kappa shape index (κ1) is 10.5. The number of nitrogens with zero attached hydrogens (tertiary/aromatic N) is 1. The van der Waals surface area contributed by atoms with Crippen LogP contribution in [0.2, 0.25) is 0 Å². The lowest BCUT2D eigenvalue weighted by molar-refractivity contribution is 0.149. The van der Waals surface area contributed by atoms with Gasteiger partial charge in [0.15, 0.2) is 0 Å². The summed E-state index contributed by atoms with van der Waals surface area (Å²) in [7, 11) is 0. The number of hydrogen-bond donors (Lipinski definition) is 1. The molecule has 13 heavy (non-hydrogen) atoms. The van der Waals surface area contributed by atoms with Gasteiger partial charge in [0.05, 0.1) is 5.69 Å². The van der Waals surface area contributed by atoms with Gasteiger partial charge in [-0.25, -0.2) is 13.8 Å². The second-order valence-electron chi connectivity index (χ2n) is 2.30. The minimum absolute atomic E-state index is 0.0754. The summed E-state index contributed by atoms with van der Waals surface area (Å²) in [4.78, 5) is 3.36. The Morgan fingerprint density at radius 3 is 2.62 bits per heavy atom. The van der Waals surface area contributed by atoms with Gasteiger partial charge in [-0.3, -0.25) is 0 Å². The molecule has 0 atom stereocenters. The molecule has 0 spiro atoms. The average Bonchev–Trinajstić information content (AvgIpc) is 2.08. The van der Waals surface area contributed by atoms with E-state index in [0.717, 1.165) is 0 Å². The van der Waals surface area contributed by atoms with E-state index >= 15 is 0 Å². The van der Waals surface area contributed by atoms with E-state index in [9.17, 15) is 13.2 Å². The lowest BCUT2D eigenvalue weighted by Gasteiger charge is -2.06. The lowest BCUT2D eigenvalue weighted by atomic mass is 10.2. The summed E-state index contributed by atoms with van der Waals surface area (Å²) < 4.78 is 37.2. The molecule has 1 heterocycles. The van der Waals surface area contributed by atoms with Crippen LogP contribution in [0.5, 0.6) is 0 Å². The summed E-state index contributed by atoms with van der Waals surface area (Å²) in [6.45, 7) is -0.0853. The second-order valence-corrected chi connectivity index (χ2v) is 3.09. The molecular weight excluding hydrogens is 249 g/mol. The summed E-state index contributed by atoms with van der Waals surface area (Å²) in [6, 6.07) is 0.688. The van der Waals surface area contributed by atoms with Crippen LogP contribution in [0, 0.1) is 5.95 Å². The molecule has 0 aliphatic rings. The predicted octanol–water partition coefficient (Wildman–Crippen LogP) is 2.38. The van der Waals surface area contributed by atoms with Gasteiger partial charge >= 0.3 is 0 Å². The van der Waals surface area contributed by atoms with E-state index in [1.165, 1.54) is 0 Å². The van der Waals surface area contributed by atoms with Crippen LogP contribution >= 0.6 is 15.9 Å². The molecule has 0 radical (unpaired) electrons. The highest BCUT2D eigenvalue weighted by atomic mass is 79.9. The van der Waals surface area contributed by atoms with Crippen molar-refractivity contribution in [3.63, 3.8) is 0 Å². The third kappa shape index (κ3) is 2.19. The van der Waals surface area contributed by atoms with Crippen LogP contribution in [-0.2, 0) is 6.54 Å². The van der Waals surface area contributed by atoms with Crippen LogP contribution in [0.3, 0.4) is 0 Å². The fourth-order valence-electron chi connectivity index (χ4n) is 0.863. The molecule has 1 rings (SSSR count). The van der Waals surface area contributed by atoms with Crippen molar-refractivity contribution in [1.82, 2.24) is 4.98 Å². The van der Waals surface area contributed by atoms with Gasteiger partial charge in [-0.1, -0.05) is 0 Å². The highest BCUT2D eigenvalue weighted by Gasteiger charge is 2.16. The molecule has 0 aliphatic carbocycles. The largest absolute Gasteiger partial charge is 0.325 e. The van der Waals surface area contributed by atoms with Crippen molar-refractivity contribution in [3.05, 3.63) is 27.7 Å². The quantitative estimate of drug-likeness (QED) is 0.824. The Hall–Kier alpha value is -0.620. The van der Waals surface area contributed by atoms with Crippen LogP contribution in [0.25, 0.3) is 0 Å². The van der Waals surface area contributed by atoms with E-state index < -0.39 is 17.9 Å². The Bertz CT molecular complexity index is 317. The maximum atomic E-state index is 12.6. The molecule has 0 unspecified atom stereocenters. The molecule has 0 aliphatic heterocycles. The van der Waals surface area contributed by atoms with Gasteiger partial charge in [-0.15, -0.1) is 0 Å². The van der Waals surface area contributed by atoms with Gasteiger partial charge in [0, 0.05) is 22.6 Å². The maximum Gasteiger partial charge on any atom is 0.265 e. The Kier molecular flexibility index (Phi) is 3.27. The van der Waals surface area contributed by atoms with E-state index in [1.54, 1.807) is 0 Å². The van der Waals surface area contributed by atoms with Gasteiger partial charge < -0.3 is 5.73 Å². The number of aromatic nitrogens is 1. The van der Waals surface area contributed by atoms with Crippen LogP contribution in [0.1, 0.15) is 17.7 Å². The standard InChI is InChI=1S/C7H6BrF3N2/c8-6-3(7(10)11)1-5(9)13-4(6)2-12/h1,7H,2,12H2. The Morgan fingerprint density at radius 1 is 1.54 bits per heavy atom. The molecule has 0 saturated heterocycles. The third-order valence-electron chi connectivity index (χ3n) is 1.45. The Morgan fingerprint density at radius 2 is 2.15 bits per heavy atom. The first-order valence-electron chi connectivity index (χ1n) is 3.39. The molecule has 0 bridgehead atoms. The number of rotatable bonds is 2. The van der Waals surface area contributed by atoms with Gasteiger partial charge in [0.25, 0.3) is 6.43 Å². The zero-order valence-corrected chi connectivity index (χ0v) is 7.98. The van der Waals surface area contributed by atoms with Crippen LogP contribution in [0.4, 0.5) is 13.2 Å². The molecule has 1 aromatic heterocycles. The molecule has 72 valence electrons. The van der Waals surface area contributed by atoms with Crippen LogP contribution in [-0.4, -0.2) is 4.98 Å². The fourth-order valence-corrected chi connectivity index (χ4v) is 1.40. The second kappa shape index (κ2) is 4.06. The zero-order valence-electron chi connectivity index (χ0n) is 6.40. The number of pyridine rings is 1. The molecule has 2 nitrogen and oxygen atoms in total. The van der Waals surface area contributed by atoms with E-state index in [0.29, 0.717) is 6.07 Å². The first-order valence-corrected chi connectivity index (χ1v) is 4.18. The van der Waals surface area contributed by atoms with Crippen molar-refractivity contribution >= 4 is 15.9 Å². The zero-order chi connectivity index (χ0) is 10.0. The van der Waals surface area contributed by atoms with Crippen LogP contribution < -0.4 is 5.73 Å². The summed E-state index contributed by atoms with van der Waals surface area (Å²) in [6.07, 6.45) is -2.74. The summed E-state index contributed by atoms with van der Waals surface area (Å²) in [5, 5.41) is 0. The fraction of sp³-hybridized carbons (Fsp3) is 0.286. The molecule has 2 N–H and O–H groups in total.